The molecule has 0 saturated heterocycles. The lowest BCUT2D eigenvalue weighted by Crippen LogP contribution is -2.24. The first-order valence-electron chi connectivity index (χ1n) is 6.05. The number of hydrogen-bond donors (Lipinski definition) is 0. The summed E-state index contributed by atoms with van der Waals surface area (Å²) >= 11 is 3.38. The van der Waals surface area contributed by atoms with Crippen molar-refractivity contribution in [1.82, 2.24) is 0 Å². The zero-order valence-corrected chi connectivity index (χ0v) is 12.8. The Morgan fingerprint density at radius 3 is 2.33 bits per heavy atom. The summed E-state index contributed by atoms with van der Waals surface area (Å²) in [5, 5.41) is 0. The van der Waals surface area contributed by atoms with Gasteiger partial charge < -0.3 is 14.2 Å². The molecule has 0 fully saturated rings. The fourth-order valence-electron chi connectivity index (χ4n) is 1.27. The lowest BCUT2D eigenvalue weighted by Gasteiger charge is -2.22. The minimum Gasteiger partial charge on any atom is -0.491 e. The number of hydrogen-bond acceptors (Lipinski definition) is 3. The van der Waals surface area contributed by atoms with Crippen LogP contribution in [0.1, 0.15) is 20.3 Å². The third-order valence-electron chi connectivity index (χ3n) is 2.71. The van der Waals surface area contributed by atoms with Gasteiger partial charge in [0.15, 0.2) is 0 Å². The predicted molar refractivity (Wildman–Crippen MR) is 76.2 cm³/mol. The van der Waals surface area contributed by atoms with Crippen LogP contribution >= 0.6 is 15.9 Å². The first-order chi connectivity index (χ1) is 8.53. The number of ether oxygens (including phenoxy) is 3. The van der Waals surface area contributed by atoms with Crippen LogP contribution in [0.25, 0.3) is 0 Å². The van der Waals surface area contributed by atoms with Crippen molar-refractivity contribution in [1.29, 1.82) is 0 Å². The number of benzene rings is 1. The Labute approximate surface area is 118 Å². The van der Waals surface area contributed by atoms with Gasteiger partial charge in [0.1, 0.15) is 12.4 Å². The molecule has 1 rings (SSSR count). The van der Waals surface area contributed by atoms with Crippen LogP contribution in [0.2, 0.25) is 0 Å². The molecule has 18 heavy (non-hydrogen) atoms. The molecule has 0 spiro atoms. The van der Waals surface area contributed by atoms with Crippen LogP contribution in [0.4, 0.5) is 0 Å². The highest BCUT2D eigenvalue weighted by Gasteiger charge is 2.15. The highest BCUT2D eigenvalue weighted by atomic mass is 79.9. The van der Waals surface area contributed by atoms with Crippen molar-refractivity contribution in [2.45, 2.75) is 25.9 Å². The molecule has 4 heteroatoms. The van der Waals surface area contributed by atoms with E-state index in [1.54, 1.807) is 7.11 Å². The fourth-order valence-corrected chi connectivity index (χ4v) is 1.54. The summed E-state index contributed by atoms with van der Waals surface area (Å²) in [6, 6.07) is 7.77. The van der Waals surface area contributed by atoms with Gasteiger partial charge in [-0.1, -0.05) is 15.9 Å². The van der Waals surface area contributed by atoms with Crippen LogP contribution in [0.5, 0.6) is 5.75 Å². The molecule has 3 nitrogen and oxygen atoms in total. The molecule has 0 aromatic heterocycles. The molecular formula is C14H21BrO3. The van der Waals surface area contributed by atoms with Crippen molar-refractivity contribution < 1.29 is 14.2 Å². The smallest absolute Gasteiger partial charge is 0.119 e. The van der Waals surface area contributed by atoms with Gasteiger partial charge in [-0.25, -0.2) is 0 Å². The second-order valence-electron chi connectivity index (χ2n) is 4.63. The van der Waals surface area contributed by atoms with Gasteiger partial charge in [0, 0.05) is 18.2 Å². The van der Waals surface area contributed by atoms with E-state index < -0.39 is 0 Å². The van der Waals surface area contributed by atoms with E-state index in [1.807, 2.05) is 24.3 Å². The molecule has 1 aromatic rings. The second-order valence-corrected chi connectivity index (χ2v) is 5.54. The zero-order chi connectivity index (χ0) is 13.4. The van der Waals surface area contributed by atoms with Gasteiger partial charge in [-0.3, -0.25) is 0 Å². The zero-order valence-electron chi connectivity index (χ0n) is 11.2. The maximum atomic E-state index is 5.54. The van der Waals surface area contributed by atoms with Crippen molar-refractivity contribution >= 4 is 15.9 Å². The minimum atomic E-state index is -0.118. The summed E-state index contributed by atoms with van der Waals surface area (Å²) in [5.74, 6) is 0.860. The fraction of sp³-hybridized carbons (Fsp3) is 0.571. The van der Waals surface area contributed by atoms with Crippen LogP contribution < -0.4 is 4.74 Å². The van der Waals surface area contributed by atoms with E-state index in [2.05, 4.69) is 29.8 Å². The molecule has 0 aliphatic carbocycles. The minimum absolute atomic E-state index is 0.118. The first kappa shape index (κ1) is 15.5. The van der Waals surface area contributed by atoms with Gasteiger partial charge in [0.2, 0.25) is 0 Å². The lowest BCUT2D eigenvalue weighted by molar-refractivity contribution is -0.0128. The van der Waals surface area contributed by atoms with Gasteiger partial charge in [-0.05, 0) is 44.5 Å². The maximum Gasteiger partial charge on any atom is 0.119 e. The second kappa shape index (κ2) is 7.77. The van der Waals surface area contributed by atoms with Gasteiger partial charge >= 0.3 is 0 Å². The maximum absolute atomic E-state index is 5.54. The quantitative estimate of drug-likeness (QED) is 0.685. The first-order valence-corrected chi connectivity index (χ1v) is 6.84. The Morgan fingerprint density at radius 2 is 1.72 bits per heavy atom. The van der Waals surface area contributed by atoms with E-state index in [0.717, 1.165) is 16.6 Å². The largest absolute Gasteiger partial charge is 0.491 e. The molecule has 0 amide bonds. The molecular weight excluding hydrogens is 296 g/mol. The topological polar surface area (TPSA) is 27.7 Å². The van der Waals surface area contributed by atoms with Crippen LogP contribution in [-0.4, -0.2) is 32.5 Å². The summed E-state index contributed by atoms with van der Waals surface area (Å²) in [6.07, 6.45) is 0.877. The Morgan fingerprint density at radius 1 is 1.06 bits per heavy atom. The molecule has 0 heterocycles. The average molecular weight is 317 g/mol. The number of methoxy groups -OCH3 is 1. The Hall–Kier alpha value is -0.580. The van der Waals surface area contributed by atoms with Crippen LogP contribution in [0.3, 0.4) is 0 Å². The van der Waals surface area contributed by atoms with Crippen molar-refractivity contribution in [3.8, 4) is 5.75 Å². The number of halogens is 1. The number of rotatable bonds is 8. The van der Waals surface area contributed by atoms with E-state index in [0.29, 0.717) is 19.8 Å². The van der Waals surface area contributed by atoms with E-state index in [1.165, 1.54) is 0 Å². The highest BCUT2D eigenvalue weighted by molar-refractivity contribution is 9.10. The van der Waals surface area contributed by atoms with E-state index in [9.17, 15) is 0 Å². The van der Waals surface area contributed by atoms with Crippen molar-refractivity contribution in [3.05, 3.63) is 28.7 Å². The lowest BCUT2D eigenvalue weighted by atomic mass is 10.1. The van der Waals surface area contributed by atoms with Gasteiger partial charge in [-0.15, -0.1) is 0 Å². The summed E-state index contributed by atoms with van der Waals surface area (Å²) in [4.78, 5) is 0. The van der Waals surface area contributed by atoms with Crippen molar-refractivity contribution in [3.63, 3.8) is 0 Å². The van der Waals surface area contributed by atoms with Crippen molar-refractivity contribution in [2.75, 3.05) is 26.9 Å². The third-order valence-corrected chi connectivity index (χ3v) is 3.24. The van der Waals surface area contributed by atoms with Crippen LogP contribution in [0.15, 0.2) is 28.7 Å². The van der Waals surface area contributed by atoms with Gasteiger partial charge in [-0.2, -0.15) is 0 Å². The Balaban J connectivity index is 2.07. The molecule has 0 atom stereocenters. The Bertz CT molecular complexity index is 335. The van der Waals surface area contributed by atoms with Gasteiger partial charge in [0.25, 0.3) is 0 Å². The third kappa shape index (κ3) is 6.38. The molecule has 0 N–H and O–H groups in total. The van der Waals surface area contributed by atoms with Crippen molar-refractivity contribution in [2.24, 2.45) is 0 Å². The normalized spacial score (nSPS) is 11.6. The van der Waals surface area contributed by atoms with Gasteiger partial charge in [0.05, 0.1) is 12.2 Å². The van der Waals surface area contributed by atoms with Crippen LogP contribution in [-0.2, 0) is 9.47 Å². The molecule has 0 radical (unpaired) electrons. The van der Waals surface area contributed by atoms with Crippen LogP contribution in [0, 0.1) is 0 Å². The molecule has 0 aliphatic heterocycles. The summed E-state index contributed by atoms with van der Waals surface area (Å²) in [5.41, 5.74) is -0.118. The standard InChI is InChI=1S/C14H21BrO3/c1-14(2,16-3)8-9-17-10-11-18-13-6-4-12(15)5-7-13/h4-7H,8-11H2,1-3H3. The average Bonchev–Trinajstić information content (AvgIpc) is 2.36. The molecule has 1 aromatic carbocycles. The summed E-state index contributed by atoms with van der Waals surface area (Å²) in [7, 11) is 1.72. The van der Waals surface area contributed by atoms with E-state index >= 15 is 0 Å². The molecule has 0 saturated carbocycles. The van der Waals surface area contributed by atoms with E-state index in [-0.39, 0.29) is 5.60 Å². The molecule has 0 aliphatic rings. The summed E-state index contributed by atoms with van der Waals surface area (Å²) in [6.45, 7) is 5.94. The predicted octanol–water partition coefficient (Wildman–Crippen LogP) is 3.66. The molecule has 0 bridgehead atoms. The summed E-state index contributed by atoms with van der Waals surface area (Å²) < 4.78 is 17.4. The highest BCUT2D eigenvalue weighted by Crippen LogP contribution is 2.16. The SMILES string of the molecule is COC(C)(C)CCOCCOc1ccc(Br)cc1. The Kier molecular flexibility index (Phi) is 6.68. The molecule has 102 valence electrons. The monoisotopic (exact) mass is 316 g/mol. The van der Waals surface area contributed by atoms with E-state index in [4.69, 9.17) is 14.2 Å². The molecule has 0 unspecified atom stereocenters.